The fourth-order valence-corrected chi connectivity index (χ4v) is 2.50. The Hall–Kier alpha value is -2.17. The molecular weight excluding hydrogens is 274 g/mol. The Labute approximate surface area is 122 Å². The molecule has 1 aromatic carbocycles. The first-order valence-electron chi connectivity index (χ1n) is 6.71. The van der Waals surface area contributed by atoms with Crippen LogP contribution < -0.4 is 5.32 Å². The van der Waals surface area contributed by atoms with E-state index >= 15 is 0 Å². The van der Waals surface area contributed by atoms with Crippen LogP contribution in [0.3, 0.4) is 0 Å². The second kappa shape index (κ2) is 6.52. The van der Waals surface area contributed by atoms with Gasteiger partial charge in [-0.1, -0.05) is 0 Å². The smallest absolute Gasteiger partial charge is 0.287 e. The molecule has 0 radical (unpaired) electrons. The fourth-order valence-electron chi connectivity index (χ4n) is 2.50. The zero-order valence-electron chi connectivity index (χ0n) is 11.5. The summed E-state index contributed by atoms with van der Waals surface area (Å²) in [5.74, 6) is 0. The van der Waals surface area contributed by atoms with Crippen molar-refractivity contribution in [2.45, 2.75) is 12.8 Å². The minimum atomic E-state index is -0.569. The first kappa shape index (κ1) is 15.2. The number of aliphatic hydroxyl groups is 1. The molecule has 1 aliphatic rings. The Morgan fingerprint density at radius 1 is 1.57 bits per heavy atom. The van der Waals surface area contributed by atoms with Crippen molar-refractivity contribution in [3.05, 3.63) is 33.9 Å². The lowest BCUT2D eigenvalue weighted by Crippen LogP contribution is -2.31. The van der Waals surface area contributed by atoms with Crippen LogP contribution in [0, 0.1) is 26.9 Å². The maximum atomic E-state index is 10.8. The number of nitro groups is 1. The van der Waals surface area contributed by atoms with E-state index in [4.69, 9.17) is 15.1 Å². The van der Waals surface area contributed by atoms with Gasteiger partial charge < -0.3 is 15.2 Å². The molecule has 1 fully saturated rings. The second-order valence-electron chi connectivity index (χ2n) is 5.23. The summed E-state index contributed by atoms with van der Waals surface area (Å²) in [6.45, 7) is 1.94. The van der Waals surface area contributed by atoms with Crippen molar-refractivity contribution in [3.8, 4) is 6.07 Å². The van der Waals surface area contributed by atoms with Crippen LogP contribution in [0.1, 0.15) is 18.4 Å². The van der Waals surface area contributed by atoms with Gasteiger partial charge in [-0.15, -0.1) is 0 Å². The Bertz CT molecular complexity index is 562. The monoisotopic (exact) mass is 291 g/mol. The summed E-state index contributed by atoms with van der Waals surface area (Å²) < 4.78 is 5.40. The molecule has 1 aliphatic heterocycles. The van der Waals surface area contributed by atoms with E-state index in [2.05, 4.69) is 5.32 Å². The molecule has 0 amide bonds. The number of aliphatic hydroxyl groups excluding tert-OH is 1. The maximum absolute atomic E-state index is 10.8. The Kier molecular flexibility index (Phi) is 4.73. The van der Waals surface area contributed by atoms with E-state index in [-0.39, 0.29) is 23.3 Å². The summed E-state index contributed by atoms with van der Waals surface area (Å²) in [5, 5.41) is 32.1. The molecule has 112 valence electrons. The highest BCUT2D eigenvalue weighted by atomic mass is 16.6. The lowest BCUT2D eigenvalue weighted by atomic mass is 9.84. The molecule has 0 saturated carbocycles. The van der Waals surface area contributed by atoms with Crippen molar-refractivity contribution < 1.29 is 14.8 Å². The summed E-state index contributed by atoms with van der Waals surface area (Å²) in [7, 11) is 0. The molecule has 2 rings (SSSR count). The van der Waals surface area contributed by atoms with Crippen LogP contribution in [0.25, 0.3) is 0 Å². The number of hydrogen-bond acceptors (Lipinski definition) is 6. The van der Waals surface area contributed by atoms with Gasteiger partial charge in [0, 0.05) is 36.9 Å². The molecule has 0 spiro atoms. The van der Waals surface area contributed by atoms with Crippen molar-refractivity contribution in [2.24, 2.45) is 5.41 Å². The number of rotatable bonds is 6. The first-order valence-corrected chi connectivity index (χ1v) is 6.71. The van der Waals surface area contributed by atoms with Gasteiger partial charge in [-0.2, -0.15) is 5.26 Å². The second-order valence-corrected chi connectivity index (χ2v) is 5.23. The third-order valence-corrected chi connectivity index (χ3v) is 3.81. The number of nitrogens with one attached hydrogen (secondary N) is 1. The molecular formula is C14H17N3O4. The van der Waals surface area contributed by atoms with Crippen molar-refractivity contribution in [2.75, 3.05) is 31.7 Å². The van der Waals surface area contributed by atoms with Crippen LogP contribution >= 0.6 is 0 Å². The Morgan fingerprint density at radius 2 is 2.38 bits per heavy atom. The summed E-state index contributed by atoms with van der Waals surface area (Å²) in [6, 6.07) is 6.22. The SMILES string of the molecule is N#Cc1cc(NC[C@@]2(CCO)CCOC2)ccc1[N+](=O)[O-]. The third-order valence-electron chi connectivity index (χ3n) is 3.81. The molecule has 21 heavy (non-hydrogen) atoms. The topological polar surface area (TPSA) is 108 Å². The van der Waals surface area contributed by atoms with Gasteiger partial charge in [-0.05, 0) is 25.0 Å². The highest BCUT2D eigenvalue weighted by Crippen LogP contribution is 2.33. The van der Waals surface area contributed by atoms with Crippen molar-refractivity contribution in [1.29, 1.82) is 5.26 Å². The van der Waals surface area contributed by atoms with Gasteiger partial charge in [0.25, 0.3) is 5.69 Å². The molecule has 7 heteroatoms. The van der Waals surface area contributed by atoms with E-state index in [1.54, 1.807) is 6.07 Å². The van der Waals surface area contributed by atoms with Crippen LogP contribution in [0.4, 0.5) is 11.4 Å². The van der Waals surface area contributed by atoms with Gasteiger partial charge >= 0.3 is 0 Å². The Morgan fingerprint density at radius 3 is 2.95 bits per heavy atom. The van der Waals surface area contributed by atoms with E-state index in [0.717, 1.165) is 6.42 Å². The van der Waals surface area contributed by atoms with Crippen LogP contribution in [0.5, 0.6) is 0 Å². The maximum Gasteiger partial charge on any atom is 0.287 e. The highest BCUT2D eigenvalue weighted by Gasteiger charge is 2.34. The van der Waals surface area contributed by atoms with E-state index < -0.39 is 4.92 Å². The van der Waals surface area contributed by atoms with Crippen LogP contribution in [-0.4, -0.2) is 36.4 Å². The molecule has 0 aliphatic carbocycles. The number of anilines is 1. The highest BCUT2D eigenvalue weighted by molar-refractivity contribution is 5.58. The number of nitro benzene ring substituents is 1. The molecule has 7 nitrogen and oxygen atoms in total. The van der Waals surface area contributed by atoms with E-state index in [0.29, 0.717) is 31.9 Å². The average molecular weight is 291 g/mol. The van der Waals surface area contributed by atoms with Gasteiger partial charge in [-0.25, -0.2) is 0 Å². The fraction of sp³-hybridized carbons (Fsp3) is 0.500. The molecule has 2 N–H and O–H groups in total. The van der Waals surface area contributed by atoms with Crippen molar-refractivity contribution in [1.82, 2.24) is 0 Å². The molecule has 0 bridgehead atoms. The summed E-state index contributed by atoms with van der Waals surface area (Å²) in [6.07, 6.45) is 1.50. The van der Waals surface area contributed by atoms with Gasteiger partial charge in [0.2, 0.25) is 0 Å². The van der Waals surface area contributed by atoms with E-state index in [1.807, 2.05) is 6.07 Å². The minimum absolute atomic E-state index is 0.0314. The van der Waals surface area contributed by atoms with Crippen molar-refractivity contribution >= 4 is 11.4 Å². The standard InChI is InChI=1S/C14H17N3O4/c15-8-11-7-12(1-2-13(11)17(19)20)16-9-14(3-5-18)4-6-21-10-14/h1-2,7,16,18H,3-6,9-10H2/t14-/m1/s1. The molecule has 0 aromatic heterocycles. The third kappa shape index (κ3) is 3.48. The number of hydrogen-bond donors (Lipinski definition) is 2. The number of nitriles is 1. The lowest BCUT2D eigenvalue weighted by Gasteiger charge is -2.27. The van der Waals surface area contributed by atoms with Gasteiger partial charge in [0.15, 0.2) is 0 Å². The quantitative estimate of drug-likeness (QED) is 0.609. The summed E-state index contributed by atoms with van der Waals surface area (Å²) in [4.78, 5) is 10.2. The lowest BCUT2D eigenvalue weighted by molar-refractivity contribution is -0.385. The average Bonchev–Trinajstić information content (AvgIpc) is 2.94. The van der Waals surface area contributed by atoms with Crippen LogP contribution in [0.2, 0.25) is 0 Å². The van der Waals surface area contributed by atoms with Crippen molar-refractivity contribution in [3.63, 3.8) is 0 Å². The molecule has 0 unspecified atom stereocenters. The molecule has 1 saturated heterocycles. The van der Waals surface area contributed by atoms with E-state index in [9.17, 15) is 10.1 Å². The first-order chi connectivity index (χ1) is 10.1. The van der Waals surface area contributed by atoms with Gasteiger partial charge in [-0.3, -0.25) is 10.1 Å². The summed E-state index contributed by atoms with van der Waals surface area (Å²) in [5.41, 5.74) is 0.367. The number of benzene rings is 1. The minimum Gasteiger partial charge on any atom is -0.396 e. The zero-order valence-corrected chi connectivity index (χ0v) is 11.5. The molecule has 1 aromatic rings. The van der Waals surface area contributed by atoms with Crippen LogP contribution in [0.15, 0.2) is 18.2 Å². The zero-order chi connectivity index (χ0) is 15.3. The van der Waals surface area contributed by atoms with E-state index in [1.165, 1.54) is 12.1 Å². The van der Waals surface area contributed by atoms with Crippen LogP contribution in [-0.2, 0) is 4.74 Å². The van der Waals surface area contributed by atoms with Gasteiger partial charge in [0.1, 0.15) is 11.6 Å². The molecule has 1 atom stereocenters. The van der Waals surface area contributed by atoms with Gasteiger partial charge in [0.05, 0.1) is 11.5 Å². The largest absolute Gasteiger partial charge is 0.396 e. The Balaban J connectivity index is 2.10. The molecule has 1 heterocycles. The predicted octanol–water partition coefficient (Wildman–Crippen LogP) is 1.67. The number of nitrogens with zero attached hydrogens (tertiary/aromatic N) is 2. The normalized spacial score (nSPS) is 21.0. The predicted molar refractivity (Wildman–Crippen MR) is 75.9 cm³/mol. The number of ether oxygens (including phenoxy) is 1. The summed E-state index contributed by atoms with van der Waals surface area (Å²) >= 11 is 0.